The summed E-state index contributed by atoms with van der Waals surface area (Å²) in [7, 11) is -3.69. The highest BCUT2D eigenvalue weighted by Crippen LogP contribution is 2.27. The molecule has 0 aliphatic carbocycles. The molecule has 2 amide bonds. The zero-order chi connectivity index (χ0) is 25.0. The number of piperidine rings is 1. The minimum Gasteiger partial charge on any atom is -0.378 e. The van der Waals surface area contributed by atoms with Gasteiger partial charge in [0.05, 0.1) is 36.1 Å². The molecule has 2 aromatic rings. The van der Waals surface area contributed by atoms with Crippen LogP contribution in [0.5, 0.6) is 0 Å². The number of rotatable bonds is 6. The van der Waals surface area contributed by atoms with Crippen molar-refractivity contribution >= 4 is 50.7 Å². The van der Waals surface area contributed by atoms with Gasteiger partial charge in [0.25, 0.3) is 5.91 Å². The quantitative estimate of drug-likeness (QED) is 0.604. The summed E-state index contributed by atoms with van der Waals surface area (Å²) in [6.45, 7) is 2.35. The number of carbonyl (C=O) groups excluding carboxylic acids is 2. The molecule has 4 rings (SSSR count). The van der Waals surface area contributed by atoms with Crippen LogP contribution in [-0.4, -0.2) is 68.8 Å². The number of morpholine rings is 1. The molecule has 11 heteroatoms. The van der Waals surface area contributed by atoms with Crippen molar-refractivity contribution in [2.24, 2.45) is 5.92 Å². The van der Waals surface area contributed by atoms with E-state index in [1.807, 2.05) is 0 Å². The molecule has 1 atom stereocenters. The molecule has 0 spiro atoms. The topological polar surface area (TPSA) is 96.0 Å². The molecule has 35 heavy (non-hydrogen) atoms. The summed E-state index contributed by atoms with van der Waals surface area (Å²) in [5.74, 6) is -1.28. The van der Waals surface area contributed by atoms with Gasteiger partial charge in [-0.25, -0.2) is 12.7 Å². The second-order valence-corrected chi connectivity index (χ2v) is 11.4. The number of carbonyl (C=O) groups is 2. The van der Waals surface area contributed by atoms with Crippen molar-refractivity contribution < 1.29 is 22.7 Å². The fraction of sp³-hybridized carbons (Fsp3) is 0.417. The molecule has 2 saturated heterocycles. The lowest BCUT2D eigenvalue weighted by atomic mass is 9.98. The Labute approximate surface area is 215 Å². The lowest BCUT2D eigenvalue weighted by Gasteiger charge is -2.31. The van der Waals surface area contributed by atoms with Crippen molar-refractivity contribution in [1.82, 2.24) is 9.21 Å². The van der Waals surface area contributed by atoms with Crippen LogP contribution in [0.3, 0.4) is 0 Å². The third kappa shape index (κ3) is 6.34. The molecule has 0 unspecified atom stereocenters. The molecule has 2 aromatic carbocycles. The molecular formula is C24H27Cl2N3O5S. The third-order valence-corrected chi connectivity index (χ3v) is 8.60. The van der Waals surface area contributed by atoms with Gasteiger partial charge in [0.1, 0.15) is 0 Å². The summed E-state index contributed by atoms with van der Waals surface area (Å²) in [5.41, 5.74) is 1.28. The number of nitrogens with zero attached hydrogens (tertiary/aromatic N) is 2. The number of anilines is 1. The summed E-state index contributed by atoms with van der Waals surface area (Å²) in [4.78, 5) is 27.8. The van der Waals surface area contributed by atoms with E-state index in [0.717, 1.165) is 0 Å². The predicted octanol–water partition coefficient (Wildman–Crippen LogP) is 3.65. The van der Waals surface area contributed by atoms with Gasteiger partial charge in [-0.05, 0) is 42.7 Å². The van der Waals surface area contributed by atoms with E-state index in [-0.39, 0.29) is 29.1 Å². The Bertz CT molecular complexity index is 1200. The van der Waals surface area contributed by atoms with Gasteiger partial charge in [-0.15, -0.1) is 0 Å². The Balaban J connectivity index is 1.44. The van der Waals surface area contributed by atoms with Gasteiger partial charge in [0.15, 0.2) is 0 Å². The molecule has 0 saturated carbocycles. The summed E-state index contributed by atoms with van der Waals surface area (Å²) < 4.78 is 32.8. The molecule has 2 fully saturated rings. The molecule has 2 heterocycles. The summed E-state index contributed by atoms with van der Waals surface area (Å²) in [6, 6.07) is 11.6. The maximum Gasteiger partial charge on any atom is 0.256 e. The Morgan fingerprint density at radius 3 is 2.54 bits per heavy atom. The number of sulfonamides is 1. The van der Waals surface area contributed by atoms with E-state index in [9.17, 15) is 18.0 Å². The lowest BCUT2D eigenvalue weighted by Crippen LogP contribution is -2.44. The number of para-hydroxylation sites is 1. The largest absolute Gasteiger partial charge is 0.378 e. The first-order valence-corrected chi connectivity index (χ1v) is 13.8. The number of halogens is 2. The van der Waals surface area contributed by atoms with Crippen LogP contribution in [0.4, 0.5) is 5.69 Å². The van der Waals surface area contributed by atoms with Crippen LogP contribution < -0.4 is 5.32 Å². The Hall–Kier alpha value is -2.17. The van der Waals surface area contributed by atoms with E-state index in [1.54, 1.807) is 41.3 Å². The summed E-state index contributed by atoms with van der Waals surface area (Å²) >= 11 is 12.1. The molecule has 0 radical (unpaired) electrons. The van der Waals surface area contributed by atoms with Crippen LogP contribution >= 0.6 is 23.2 Å². The van der Waals surface area contributed by atoms with Gasteiger partial charge < -0.3 is 15.0 Å². The Morgan fingerprint density at radius 1 is 1.06 bits per heavy atom. The van der Waals surface area contributed by atoms with Gasteiger partial charge in [0.2, 0.25) is 15.9 Å². The number of nitrogens with one attached hydrogen (secondary N) is 1. The van der Waals surface area contributed by atoms with E-state index in [1.165, 1.54) is 10.4 Å². The summed E-state index contributed by atoms with van der Waals surface area (Å²) in [5, 5.41) is 3.58. The normalized spacial score (nSPS) is 19.4. The van der Waals surface area contributed by atoms with Crippen LogP contribution in [0, 0.1) is 5.92 Å². The Morgan fingerprint density at radius 2 is 1.80 bits per heavy atom. The molecule has 1 N–H and O–H groups in total. The monoisotopic (exact) mass is 539 g/mol. The van der Waals surface area contributed by atoms with Crippen molar-refractivity contribution in [2.75, 3.05) is 44.7 Å². The molecule has 0 bridgehead atoms. The predicted molar refractivity (Wildman–Crippen MR) is 135 cm³/mol. The number of hydrogen-bond acceptors (Lipinski definition) is 5. The fourth-order valence-electron chi connectivity index (χ4n) is 4.29. The SMILES string of the molecule is O=C(Nc1ccccc1C(=O)N1CCOCC1)[C@H]1CCCN(S(=O)(=O)Cc2ccc(Cl)cc2Cl)C1. The maximum absolute atomic E-state index is 13.1. The van der Waals surface area contributed by atoms with Crippen LogP contribution in [0.25, 0.3) is 0 Å². The van der Waals surface area contributed by atoms with E-state index in [0.29, 0.717) is 67.5 Å². The highest BCUT2D eigenvalue weighted by Gasteiger charge is 2.33. The maximum atomic E-state index is 13.1. The van der Waals surface area contributed by atoms with Crippen LogP contribution in [-0.2, 0) is 25.3 Å². The molecule has 0 aromatic heterocycles. The zero-order valence-corrected chi connectivity index (χ0v) is 21.4. The second kappa shape index (κ2) is 11.3. The van der Waals surface area contributed by atoms with Gasteiger partial charge >= 0.3 is 0 Å². The van der Waals surface area contributed by atoms with Gasteiger partial charge in [-0.2, -0.15) is 0 Å². The van der Waals surface area contributed by atoms with Crippen molar-refractivity contribution in [3.63, 3.8) is 0 Å². The molecule has 188 valence electrons. The molecule has 2 aliphatic heterocycles. The number of hydrogen-bond donors (Lipinski definition) is 1. The first kappa shape index (κ1) is 25.9. The van der Waals surface area contributed by atoms with E-state index in [4.69, 9.17) is 27.9 Å². The number of ether oxygens (including phenoxy) is 1. The molecule has 8 nitrogen and oxygen atoms in total. The highest BCUT2D eigenvalue weighted by atomic mass is 35.5. The highest BCUT2D eigenvalue weighted by molar-refractivity contribution is 7.88. The standard InChI is InChI=1S/C24H27Cl2N3O5S/c25-19-8-7-18(21(26)14-19)16-35(32,33)29-9-3-4-17(15-29)23(30)27-22-6-2-1-5-20(22)24(31)28-10-12-34-13-11-28/h1-2,5-8,14,17H,3-4,9-13,15-16H2,(H,27,30)/t17-/m0/s1. The molecule has 2 aliphatic rings. The van der Waals surface area contributed by atoms with Crippen LogP contribution in [0.2, 0.25) is 10.0 Å². The van der Waals surface area contributed by atoms with Crippen molar-refractivity contribution in [3.8, 4) is 0 Å². The number of amides is 2. The lowest BCUT2D eigenvalue weighted by molar-refractivity contribution is -0.120. The Kier molecular flexibility index (Phi) is 8.34. The van der Waals surface area contributed by atoms with Gasteiger partial charge in [0, 0.05) is 36.2 Å². The second-order valence-electron chi connectivity index (χ2n) is 8.63. The summed E-state index contributed by atoms with van der Waals surface area (Å²) in [6.07, 6.45) is 1.11. The van der Waals surface area contributed by atoms with Crippen LogP contribution in [0.1, 0.15) is 28.8 Å². The van der Waals surface area contributed by atoms with Crippen LogP contribution in [0.15, 0.2) is 42.5 Å². The fourth-order valence-corrected chi connectivity index (χ4v) is 6.48. The van der Waals surface area contributed by atoms with Gasteiger partial charge in [-0.3, -0.25) is 9.59 Å². The average Bonchev–Trinajstić information content (AvgIpc) is 2.86. The van der Waals surface area contributed by atoms with Crippen molar-refractivity contribution in [2.45, 2.75) is 18.6 Å². The molecular weight excluding hydrogens is 513 g/mol. The minimum absolute atomic E-state index is 0.0684. The first-order valence-electron chi connectivity index (χ1n) is 11.4. The first-order chi connectivity index (χ1) is 16.7. The van der Waals surface area contributed by atoms with E-state index >= 15 is 0 Å². The third-order valence-electron chi connectivity index (χ3n) is 6.21. The van der Waals surface area contributed by atoms with Gasteiger partial charge in [-0.1, -0.05) is 41.4 Å². The average molecular weight is 540 g/mol. The number of benzene rings is 2. The minimum atomic E-state index is -3.69. The zero-order valence-electron chi connectivity index (χ0n) is 19.1. The van der Waals surface area contributed by atoms with Crippen molar-refractivity contribution in [3.05, 3.63) is 63.6 Å². The van der Waals surface area contributed by atoms with E-state index < -0.39 is 15.9 Å². The van der Waals surface area contributed by atoms with E-state index in [2.05, 4.69) is 5.32 Å². The smallest absolute Gasteiger partial charge is 0.256 e. The van der Waals surface area contributed by atoms with Crippen molar-refractivity contribution in [1.29, 1.82) is 0 Å².